The molecule has 0 N–H and O–H groups in total. The Hall–Kier alpha value is -0.970. The highest BCUT2D eigenvalue weighted by molar-refractivity contribution is 9.09. The Balaban J connectivity index is 2.44. The molecule has 0 aliphatic carbocycles. The van der Waals surface area contributed by atoms with Crippen LogP contribution in [0, 0.1) is 11.6 Å². The Morgan fingerprint density at radius 3 is 2.38 bits per heavy atom. The zero-order chi connectivity index (χ0) is 11.8. The molecule has 0 amide bonds. The normalized spacial score (nSPS) is 24.6. The molecule has 86 valence electrons. The van der Waals surface area contributed by atoms with Crippen LogP contribution in [-0.2, 0) is 15.1 Å². The number of halogens is 3. The second-order valence-corrected chi connectivity index (χ2v) is 4.32. The van der Waals surface area contributed by atoms with Crippen molar-refractivity contribution in [2.75, 3.05) is 5.33 Å². The highest BCUT2D eigenvalue weighted by atomic mass is 79.9. The first kappa shape index (κ1) is 11.5. The van der Waals surface area contributed by atoms with E-state index in [0.29, 0.717) is 17.3 Å². The summed E-state index contributed by atoms with van der Waals surface area (Å²) in [4.78, 5) is 11.1. The molecule has 16 heavy (non-hydrogen) atoms. The van der Waals surface area contributed by atoms with E-state index in [1.165, 1.54) is 12.1 Å². The maximum Gasteiger partial charge on any atom is 0.306 e. The van der Waals surface area contributed by atoms with Crippen molar-refractivity contribution in [3.05, 3.63) is 35.4 Å². The van der Waals surface area contributed by atoms with Crippen LogP contribution in [0.5, 0.6) is 0 Å². The van der Waals surface area contributed by atoms with E-state index in [1.807, 2.05) is 0 Å². The van der Waals surface area contributed by atoms with E-state index in [4.69, 9.17) is 4.74 Å². The lowest BCUT2D eigenvalue weighted by atomic mass is 9.93. The molecule has 2 rings (SSSR count). The lowest BCUT2D eigenvalue weighted by Crippen LogP contribution is -2.27. The highest BCUT2D eigenvalue weighted by Crippen LogP contribution is 2.38. The van der Waals surface area contributed by atoms with Crippen molar-refractivity contribution >= 4 is 21.9 Å². The summed E-state index contributed by atoms with van der Waals surface area (Å²) in [5.74, 6) is -1.68. The van der Waals surface area contributed by atoms with Gasteiger partial charge in [-0.05, 0) is 12.1 Å². The Labute approximate surface area is 99.7 Å². The summed E-state index contributed by atoms with van der Waals surface area (Å²) >= 11 is 3.22. The predicted molar refractivity (Wildman–Crippen MR) is 57.2 cm³/mol. The lowest BCUT2D eigenvalue weighted by Gasteiger charge is -2.25. The maximum atomic E-state index is 13.1. The number of ether oxygens (including phenoxy) is 1. The van der Waals surface area contributed by atoms with Gasteiger partial charge in [0.15, 0.2) is 0 Å². The topological polar surface area (TPSA) is 26.3 Å². The molecule has 0 radical (unpaired) electrons. The molecule has 0 saturated carbocycles. The monoisotopic (exact) mass is 290 g/mol. The highest BCUT2D eigenvalue weighted by Gasteiger charge is 2.41. The third-order valence-corrected chi connectivity index (χ3v) is 3.55. The minimum Gasteiger partial charge on any atom is -0.453 e. The summed E-state index contributed by atoms with van der Waals surface area (Å²) < 4.78 is 31.4. The molecule has 0 aromatic heterocycles. The van der Waals surface area contributed by atoms with E-state index in [-0.39, 0.29) is 12.4 Å². The van der Waals surface area contributed by atoms with E-state index in [9.17, 15) is 13.6 Å². The summed E-state index contributed by atoms with van der Waals surface area (Å²) in [5, 5.41) is 0.328. The van der Waals surface area contributed by atoms with Crippen LogP contribution in [0.15, 0.2) is 18.2 Å². The average molecular weight is 291 g/mol. The Morgan fingerprint density at radius 2 is 1.94 bits per heavy atom. The van der Waals surface area contributed by atoms with E-state index in [2.05, 4.69) is 15.9 Å². The van der Waals surface area contributed by atoms with Gasteiger partial charge in [0, 0.05) is 29.8 Å². The third kappa shape index (κ3) is 1.96. The fraction of sp³-hybridized carbons (Fsp3) is 0.364. The molecule has 0 unspecified atom stereocenters. The number of alkyl halides is 1. The number of carbonyl (C=O) groups excluding carboxylic acids is 1. The summed E-state index contributed by atoms with van der Waals surface area (Å²) in [6.45, 7) is 0. The van der Waals surface area contributed by atoms with Crippen molar-refractivity contribution < 1.29 is 18.3 Å². The van der Waals surface area contributed by atoms with Crippen molar-refractivity contribution in [2.45, 2.75) is 18.4 Å². The second-order valence-electron chi connectivity index (χ2n) is 3.76. The molecule has 0 bridgehead atoms. The quantitative estimate of drug-likeness (QED) is 0.618. The van der Waals surface area contributed by atoms with Gasteiger partial charge in [0.2, 0.25) is 0 Å². The van der Waals surface area contributed by atoms with Gasteiger partial charge in [0.05, 0.1) is 0 Å². The van der Waals surface area contributed by atoms with Gasteiger partial charge in [0.1, 0.15) is 17.2 Å². The molecule has 5 heteroatoms. The molecule has 0 spiro atoms. The van der Waals surface area contributed by atoms with Crippen LogP contribution in [0.4, 0.5) is 8.78 Å². The van der Waals surface area contributed by atoms with Crippen LogP contribution in [-0.4, -0.2) is 11.3 Å². The van der Waals surface area contributed by atoms with Crippen LogP contribution < -0.4 is 0 Å². The maximum absolute atomic E-state index is 13.1. The van der Waals surface area contributed by atoms with Gasteiger partial charge in [-0.2, -0.15) is 0 Å². The number of carbonyl (C=O) groups is 1. The number of cyclic esters (lactones) is 1. The molecule has 1 aliphatic rings. The molecule has 1 aromatic rings. The first-order valence-corrected chi connectivity index (χ1v) is 5.92. The molecule has 1 aliphatic heterocycles. The SMILES string of the molecule is O=C1CC[C@](CBr)(c2cc(F)cc(F)c2)O1. The van der Waals surface area contributed by atoms with Crippen LogP contribution >= 0.6 is 15.9 Å². The number of hydrogen-bond donors (Lipinski definition) is 0. The third-order valence-electron chi connectivity index (χ3n) is 2.65. The number of benzene rings is 1. The van der Waals surface area contributed by atoms with Gasteiger partial charge in [-0.15, -0.1) is 0 Å². The molecule has 1 atom stereocenters. The smallest absolute Gasteiger partial charge is 0.306 e. The average Bonchev–Trinajstić information content (AvgIpc) is 2.60. The molecule has 1 saturated heterocycles. The predicted octanol–water partition coefficient (Wildman–Crippen LogP) is 2.89. The van der Waals surface area contributed by atoms with E-state index >= 15 is 0 Å². The zero-order valence-electron chi connectivity index (χ0n) is 8.30. The molecule has 1 aromatic carbocycles. The van der Waals surface area contributed by atoms with Gasteiger partial charge >= 0.3 is 5.97 Å². The van der Waals surface area contributed by atoms with Crippen LogP contribution in [0.1, 0.15) is 18.4 Å². The van der Waals surface area contributed by atoms with Crippen molar-refractivity contribution in [1.82, 2.24) is 0 Å². The van der Waals surface area contributed by atoms with Gasteiger partial charge in [-0.1, -0.05) is 15.9 Å². The lowest BCUT2D eigenvalue weighted by molar-refractivity contribution is -0.147. The van der Waals surface area contributed by atoms with Crippen molar-refractivity contribution in [2.24, 2.45) is 0 Å². The second kappa shape index (κ2) is 4.13. The van der Waals surface area contributed by atoms with Crippen LogP contribution in [0.25, 0.3) is 0 Å². The Morgan fingerprint density at radius 1 is 1.31 bits per heavy atom. The minimum atomic E-state index is -0.931. The van der Waals surface area contributed by atoms with Crippen LogP contribution in [0.2, 0.25) is 0 Å². The summed E-state index contributed by atoms with van der Waals surface area (Å²) in [6.07, 6.45) is 0.698. The zero-order valence-corrected chi connectivity index (χ0v) is 9.89. The minimum absolute atomic E-state index is 0.268. The summed E-state index contributed by atoms with van der Waals surface area (Å²) in [6, 6.07) is 3.19. The van der Waals surface area contributed by atoms with Gasteiger partial charge in [0.25, 0.3) is 0 Å². The molecular weight excluding hydrogens is 282 g/mol. The molecule has 1 heterocycles. The van der Waals surface area contributed by atoms with Crippen molar-refractivity contribution in [3.8, 4) is 0 Å². The molecular formula is C11H9BrF2O2. The number of hydrogen-bond acceptors (Lipinski definition) is 2. The van der Waals surface area contributed by atoms with Crippen molar-refractivity contribution in [3.63, 3.8) is 0 Å². The summed E-state index contributed by atoms with van der Waals surface area (Å²) in [5.41, 5.74) is -0.576. The van der Waals surface area contributed by atoms with E-state index in [0.717, 1.165) is 6.07 Å². The largest absolute Gasteiger partial charge is 0.453 e. The van der Waals surface area contributed by atoms with Crippen LogP contribution in [0.3, 0.4) is 0 Å². The number of rotatable bonds is 2. The van der Waals surface area contributed by atoms with Crippen molar-refractivity contribution in [1.29, 1.82) is 0 Å². The molecule has 2 nitrogen and oxygen atoms in total. The first-order chi connectivity index (χ1) is 7.55. The van der Waals surface area contributed by atoms with Gasteiger partial charge < -0.3 is 4.74 Å². The fourth-order valence-corrected chi connectivity index (χ4v) is 2.53. The standard InChI is InChI=1S/C11H9BrF2O2/c12-6-11(2-1-10(15)16-11)7-3-8(13)5-9(14)4-7/h3-5H,1-2,6H2/t11-/m0/s1. The van der Waals surface area contributed by atoms with E-state index < -0.39 is 17.2 Å². The van der Waals surface area contributed by atoms with Gasteiger partial charge in [-0.3, -0.25) is 4.79 Å². The van der Waals surface area contributed by atoms with Gasteiger partial charge in [-0.25, -0.2) is 8.78 Å². The fourth-order valence-electron chi connectivity index (χ4n) is 1.82. The van der Waals surface area contributed by atoms with E-state index in [1.54, 1.807) is 0 Å². The molecule has 1 fully saturated rings. The Bertz CT molecular complexity index is 416. The first-order valence-electron chi connectivity index (χ1n) is 4.80. The summed E-state index contributed by atoms with van der Waals surface area (Å²) in [7, 11) is 0. The Kier molecular flexibility index (Phi) is 2.97. The number of esters is 1.